The van der Waals surface area contributed by atoms with Crippen molar-refractivity contribution in [2.24, 2.45) is 0 Å². The number of benzene rings is 1. The summed E-state index contributed by atoms with van der Waals surface area (Å²) in [6.07, 6.45) is 0.538. The molecule has 0 spiro atoms. The van der Waals surface area contributed by atoms with Crippen LogP contribution in [0.15, 0.2) is 18.2 Å². The predicted octanol–water partition coefficient (Wildman–Crippen LogP) is 1.57. The third kappa shape index (κ3) is 3.95. The molecule has 0 unspecified atom stereocenters. The Labute approximate surface area is 106 Å². The normalized spacial score (nSPS) is 9.22. The summed E-state index contributed by atoms with van der Waals surface area (Å²) < 4.78 is 0. The van der Waals surface area contributed by atoms with Gasteiger partial charge in [0.05, 0.1) is 5.56 Å². The van der Waals surface area contributed by atoms with Crippen molar-refractivity contribution in [3.05, 3.63) is 34.9 Å². The van der Waals surface area contributed by atoms with Gasteiger partial charge >= 0.3 is 5.97 Å². The molecule has 0 fully saturated rings. The predicted molar refractivity (Wildman–Crippen MR) is 68.3 cm³/mol. The number of carbonyl (C=O) groups is 2. The molecular formula is C14H15NO3. The van der Waals surface area contributed by atoms with E-state index in [1.54, 1.807) is 25.1 Å². The van der Waals surface area contributed by atoms with E-state index in [0.717, 1.165) is 0 Å². The molecule has 18 heavy (non-hydrogen) atoms. The molecule has 94 valence electrons. The molecule has 0 aromatic heterocycles. The van der Waals surface area contributed by atoms with Gasteiger partial charge in [-0.3, -0.25) is 4.79 Å². The Bertz CT molecular complexity index is 524. The van der Waals surface area contributed by atoms with Gasteiger partial charge in [-0.15, -0.1) is 0 Å². The minimum absolute atomic E-state index is 0.0825. The number of carbonyl (C=O) groups excluding carboxylic acids is 1. The van der Waals surface area contributed by atoms with Gasteiger partial charge in [-0.25, -0.2) is 4.79 Å². The van der Waals surface area contributed by atoms with Crippen LogP contribution in [0.25, 0.3) is 0 Å². The van der Waals surface area contributed by atoms with Crippen molar-refractivity contribution in [3.8, 4) is 11.8 Å². The fourth-order valence-corrected chi connectivity index (χ4v) is 1.46. The highest BCUT2D eigenvalue weighted by molar-refractivity contribution is 5.90. The molecule has 4 heteroatoms. The van der Waals surface area contributed by atoms with E-state index in [1.807, 2.05) is 0 Å². The van der Waals surface area contributed by atoms with Crippen LogP contribution in [0.1, 0.15) is 34.8 Å². The second-order valence-corrected chi connectivity index (χ2v) is 3.82. The Hall–Kier alpha value is -2.28. The number of carboxylic acid groups (broad SMARTS) is 1. The molecule has 0 saturated heterocycles. The molecular weight excluding hydrogens is 230 g/mol. The van der Waals surface area contributed by atoms with Crippen molar-refractivity contribution in [1.29, 1.82) is 0 Å². The zero-order valence-electron chi connectivity index (χ0n) is 10.4. The Morgan fingerprint density at radius 2 is 2.11 bits per heavy atom. The number of rotatable bonds is 3. The molecule has 4 nitrogen and oxygen atoms in total. The number of hydrogen-bond donors (Lipinski definition) is 2. The van der Waals surface area contributed by atoms with E-state index in [1.165, 1.54) is 6.92 Å². The van der Waals surface area contributed by atoms with Crippen molar-refractivity contribution >= 4 is 11.9 Å². The zero-order valence-corrected chi connectivity index (χ0v) is 10.4. The third-order valence-corrected chi connectivity index (χ3v) is 2.41. The van der Waals surface area contributed by atoms with E-state index in [-0.39, 0.29) is 11.5 Å². The first-order valence-corrected chi connectivity index (χ1v) is 5.58. The van der Waals surface area contributed by atoms with Gasteiger partial charge < -0.3 is 10.4 Å². The van der Waals surface area contributed by atoms with Crippen molar-refractivity contribution in [1.82, 2.24) is 5.32 Å². The second kappa shape index (κ2) is 6.45. The Kier molecular flexibility index (Phi) is 4.94. The van der Waals surface area contributed by atoms with Crippen molar-refractivity contribution < 1.29 is 14.7 Å². The van der Waals surface area contributed by atoms with Gasteiger partial charge in [-0.2, -0.15) is 0 Å². The Morgan fingerprint density at radius 1 is 1.39 bits per heavy atom. The first-order chi connectivity index (χ1) is 8.52. The van der Waals surface area contributed by atoms with Crippen LogP contribution in [0.4, 0.5) is 0 Å². The van der Waals surface area contributed by atoms with E-state index in [4.69, 9.17) is 5.11 Å². The quantitative estimate of drug-likeness (QED) is 0.627. The molecule has 0 aliphatic rings. The first-order valence-electron chi connectivity index (χ1n) is 5.58. The van der Waals surface area contributed by atoms with Gasteiger partial charge in [0.15, 0.2) is 0 Å². The van der Waals surface area contributed by atoms with Gasteiger partial charge in [0.1, 0.15) is 0 Å². The third-order valence-electron chi connectivity index (χ3n) is 2.41. The van der Waals surface area contributed by atoms with E-state index in [9.17, 15) is 9.59 Å². The SMILES string of the molecule is CC(=O)NCCC#Cc1cccc(C(=O)O)c1C. The topological polar surface area (TPSA) is 66.4 Å². The van der Waals surface area contributed by atoms with Gasteiger partial charge in [-0.1, -0.05) is 17.9 Å². The van der Waals surface area contributed by atoms with Crippen molar-refractivity contribution in [3.63, 3.8) is 0 Å². The molecule has 2 N–H and O–H groups in total. The number of nitrogens with one attached hydrogen (secondary N) is 1. The van der Waals surface area contributed by atoms with Crippen LogP contribution in [-0.2, 0) is 4.79 Å². The molecule has 0 bridgehead atoms. The maximum Gasteiger partial charge on any atom is 0.335 e. The molecule has 0 aliphatic heterocycles. The summed E-state index contributed by atoms with van der Waals surface area (Å²) in [7, 11) is 0. The van der Waals surface area contributed by atoms with Crippen LogP contribution in [0.5, 0.6) is 0 Å². The van der Waals surface area contributed by atoms with Crippen LogP contribution in [-0.4, -0.2) is 23.5 Å². The Morgan fingerprint density at radius 3 is 2.72 bits per heavy atom. The number of aromatic carboxylic acids is 1. The van der Waals surface area contributed by atoms with Gasteiger partial charge in [0.25, 0.3) is 0 Å². The van der Waals surface area contributed by atoms with Crippen LogP contribution < -0.4 is 5.32 Å². The monoisotopic (exact) mass is 245 g/mol. The van der Waals surface area contributed by atoms with Gasteiger partial charge in [-0.05, 0) is 24.6 Å². The van der Waals surface area contributed by atoms with Crippen molar-refractivity contribution in [2.75, 3.05) is 6.54 Å². The highest BCUT2D eigenvalue weighted by Crippen LogP contribution is 2.12. The fraction of sp³-hybridized carbons (Fsp3) is 0.286. The first kappa shape index (κ1) is 13.8. The lowest BCUT2D eigenvalue weighted by atomic mass is 10.0. The van der Waals surface area contributed by atoms with Gasteiger partial charge in [0, 0.05) is 25.5 Å². The molecule has 0 radical (unpaired) electrons. The maximum atomic E-state index is 10.9. The summed E-state index contributed by atoms with van der Waals surface area (Å²) in [5.41, 5.74) is 1.64. The molecule has 1 amide bonds. The molecule has 0 aliphatic carbocycles. The average molecular weight is 245 g/mol. The smallest absolute Gasteiger partial charge is 0.335 e. The van der Waals surface area contributed by atoms with E-state index in [2.05, 4.69) is 17.2 Å². The average Bonchev–Trinajstić information content (AvgIpc) is 2.30. The molecule has 0 heterocycles. The van der Waals surface area contributed by atoms with E-state index >= 15 is 0 Å². The minimum Gasteiger partial charge on any atom is -0.478 e. The summed E-state index contributed by atoms with van der Waals surface area (Å²) in [5.74, 6) is 4.79. The van der Waals surface area contributed by atoms with Crippen LogP contribution in [0.2, 0.25) is 0 Å². The van der Waals surface area contributed by atoms with Crippen LogP contribution in [0.3, 0.4) is 0 Å². The lowest BCUT2D eigenvalue weighted by Gasteiger charge is -2.02. The summed E-state index contributed by atoms with van der Waals surface area (Å²) in [6, 6.07) is 5.02. The highest BCUT2D eigenvalue weighted by Gasteiger charge is 2.08. The Balaban J connectivity index is 2.74. The molecule has 1 aromatic carbocycles. The number of amides is 1. The minimum atomic E-state index is -0.950. The molecule has 0 saturated carbocycles. The van der Waals surface area contributed by atoms with E-state index < -0.39 is 5.97 Å². The van der Waals surface area contributed by atoms with E-state index in [0.29, 0.717) is 24.1 Å². The van der Waals surface area contributed by atoms with Crippen LogP contribution in [0, 0.1) is 18.8 Å². The standard InChI is InChI=1S/C14H15NO3/c1-10-12(6-3-4-9-15-11(2)16)7-5-8-13(10)14(17)18/h5,7-8H,4,9H2,1-2H3,(H,15,16)(H,17,18). The summed E-state index contributed by atoms with van der Waals surface area (Å²) >= 11 is 0. The summed E-state index contributed by atoms with van der Waals surface area (Å²) in [5, 5.41) is 11.6. The lowest BCUT2D eigenvalue weighted by Crippen LogP contribution is -2.20. The van der Waals surface area contributed by atoms with Gasteiger partial charge in [0.2, 0.25) is 5.91 Å². The molecule has 1 rings (SSSR count). The number of carboxylic acids is 1. The molecule has 0 atom stereocenters. The van der Waals surface area contributed by atoms with Crippen LogP contribution >= 0.6 is 0 Å². The zero-order chi connectivity index (χ0) is 13.5. The summed E-state index contributed by atoms with van der Waals surface area (Å²) in [6.45, 7) is 3.69. The summed E-state index contributed by atoms with van der Waals surface area (Å²) in [4.78, 5) is 21.6. The fourth-order valence-electron chi connectivity index (χ4n) is 1.46. The molecule has 1 aromatic rings. The van der Waals surface area contributed by atoms with Crippen molar-refractivity contribution in [2.45, 2.75) is 20.3 Å². The second-order valence-electron chi connectivity index (χ2n) is 3.82. The lowest BCUT2D eigenvalue weighted by molar-refractivity contribution is -0.118. The largest absolute Gasteiger partial charge is 0.478 e. The highest BCUT2D eigenvalue weighted by atomic mass is 16.4. The number of hydrogen-bond acceptors (Lipinski definition) is 2. The maximum absolute atomic E-state index is 10.9.